The number of ether oxygens (including phenoxy) is 2. The molecule has 58 heavy (non-hydrogen) atoms. The van der Waals surface area contributed by atoms with Gasteiger partial charge < -0.3 is 40.1 Å². The summed E-state index contributed by atoms with van der Waals surface area (Å²) in [6.07, 6.45) is -3.29. The number of piperidine rings is 3. The normalized spacial score (nSPS) is 20.4. The van der Waals surface area contributed by atoms with Gasteiger partial charge in [-0.05, 0) is 80.8 Å². The van der Waals surface area contributed by atoms with Gasteiger partial charge in [-0.15, -0.1) is 0 Å². The van der Waals surface area contributed by atoms with Crippen molar-refractivity contribution in [3.63, 3.8) is 0 Å². The number of likely N-dealkylation sites (N-methyl/N-ethyl adjacent to an activating group) is 1. The molecule has 4 aliphatic heterocycles. The lowest BCUT2D eigenvalue weighted by molar-refractivity contribution is -0.156. The second kappa shape index (κ2) is 18.4. The van der Waals surface area contributed by atoms with Crippen molar-refractivity contribution < 1.29 is 46.6 Å². The molecule has 14 nitrogen and oxygen atoms in total. The lowest BCUT2D eigenvalue weighted by Crippen LogP contribution is -2.53. The fourth-order valence-electron chi connectivity index (χ4n) is 8.28. The van der Waals surface area contributed by atoms with Gasteiger partial charge in [0, 0.05) is 77.6 Å². The van der Waals surface area contributed by atoms with Gasteiger partial charge in [0.05, 0.1) is 22.2 Å². The maximum Gasteiger partial charge on any atom is 0.418 e. The first-order chi connectivity index (χ1) is 27.6. The van der Waals surface area contributed by atoms with Crippen LogP contribution in [0.25, 0.3) is 0 Å². The van der Waals surface area contributed by atoms with Crippen LogP contribution in [0.3, 0.4) is 0 Å². The molecule has 2 aromatic rings. The number of anilines is 2. The molecule has 5 amide bonds. The number of carbonyl (C=O) groups is 5. The number of esters is 1. The summed E-state index contributed by atoms with van der Waals surface area (Å²) in [4.78, 5) is 74.0. The van der Waals surface area contributed by atoms with Gasteiger partial charge in [-0.3, -0.25) is 19.3 Å². The minimum atomic E-state index is -4.81. The molecule has 18 heteroatoms. The summed E-state index contributed by atoms with van der Waals surface area (Å²) in [5.74, 6) is -1.66. The van der Waals surface area contributed by atoms with Crippen LogP contribution < -0.4 is 11.1 Å². The monoisotopic (exact) mass is 833 g/mol. The van der Waals surface area contributed by atoms with Crippen molar-refractivity contribution >= 4 is 52.9 Å². The van der Waals surface area contributed by atoms with Crippen LogP contribution in [-0.2, 0) is 42.9 Å². The molecule has 0 aliphatic carbocycles. The minimum absolute atomic E-state index is 0.0259. The Kier molecular flexibility index (Phi) is 13.6. The first-order valence-electron chi connectivity index (χ1n) is 19.7. The second-order valence-electron chi connectivity index (χ2n) is 15.6. The Morgan fingerprint density at radius 2 is 1.62 bits per heavy atom. The smallest absolute Gasteiger partial charge is 0.418 e. The van der Waals surface area contributed by atoms with E-state index in [4.69, 9.17) is 26.8 Å². The number of amides is 5. The molecule has 4 aliphatic rings. The van der Waals surface area contributed by atoms with Crippen molar-refractivity contribution in [2.45, 2.75) is 75.7 Å². The highest BCUT2D eigenvalue weighted by molar-refractivity contribution is 6.33. The van der Waals surface area contributed by atoms with E-state index >= 15 is 0 Å². The number of benzene rings is 2. The number of likely N-dealkylation sites (tertiary alicyclic amines) is 3. The van der Waals surface area contributed by atoms with Crippen LogP contribution in [0.15, 0.2) is 36.4 Å². The number of fused-ring (bicyclic) bond motifs is 1. The maximum absolute atomic E-state index is 14.2. The van der Waals surface area contributed by atoms with Gasteiger partial charge in [0.25, 0.3) is 11.8 Å². The van der Waals surface area contributed by atoms with Crippen molar-refractivity contribution in [2.24, 2.45) is 5.92 Å². The van der Waals surface area contributed by atoms with Gasteiger partial charge in [0.1, 0.15) is 0 Å². The number of carbonyl (C=O) groups excluding carboxylic acids is 5. The number of hydrogen-bond acceptors (Lipinski definition) is 9. The molecule has 2 atom stereocenters. The van der Waals surface area contributed by atoms with Crippen molar-refractivity contribution in [3.05, 3.63) is 58.1 Å². The topological polar surface area (TPSA) is 158 Å². The molecule has 0 saturated carbocycles. The molecule has 4 heterocycles. The van der Waals surface area contributed by atoms with Gasteiger partial charge in [0.15, 0.2) is 12.7 Å². The molecule has 316 valence electrons. The lowest BCUT2D eigenvalue weighted by atomic mass is 9.93. The summed E-state index contributed by atoms with van der Waals surface area (Å²) in [6.45, 7) is 2.49. The van der Waals surface area contributed by atoms with Gasteiger partial charge in [-0.25, -0.2) is 9.59 Å². The van der Waals surface area contributed by atoms with Crippen LogP contribution in [0.4, 0.5) is 34.1 Å². The van der Waals surface area contributed by atoms with Gasteiger partial charge >= 0.3 is 24.3 Å². The number of alkyl halides is 3. The number of urea groups is 1. The Labute approximate surface area is 340 Å². The van der Waals surface area contributed by atoms with E-state index < -0.39 is 41.5 Å². The molecule has 0 spiro atoms. The molecular weight excluding hydrogens is 783 g/mol. The number of nitrogens with one attached hydrogen (secondary N) is 1. The third kappa shape index (κ3) is 10.3. The fraction of sp³-hybridized carbons (Fsp3) is 0.575. The molecular formula is C40H51ClF3N7O7. The number of para-hydroxylation sites is 1. The number of nitrogen functional groups attached to an aromatic ring is 1. The van der Waals surface area contributed by atoms with Crippen molar-refractivity contribution in [2.75, 3.05) is 77.6 Å². The summed E-state index contributed by atoms with van der Waals surface area (Å²) < 4.78 is 52.9. The first kappa shape index (κ1) is 42.8. The van der Waals surface area contributed by atoms with E-state index in [0.717, 1.165) is 30.3 Å². The number of rotatable bonds is 9. The van der Waals surface area contributed by atoms with E-state index in [1.165, 1.54) is 15.9 Å². The highest BCUT2D eigenvalue weighted by Crippen LogP contribution is 2.38. The van der Waals surface area contributed by atoms with Gasteiger partial charge in [-0.2, -0.15) is 13.2 Å². The first-order valence-corrected chi connectivity index (χ1v) is 20.1. The highest BCUT2D eigenvalue weighted by Gasteiger charge is 2.39. The average Bonchev–Trinajstić information content (AvgIpc) is 3.38. The third-order valence-corrected chi connectivity index (χ3v) is 12.0. The van der Waals surface area contributed by atoms with Gasteiger partial charge in [0.2, 0.25) is 0 Å². The molecule has 2 aromatic carbocycles. The molecule has 0 unspecified atom stereocenters. The molecule has 3 N–H and O–H groups in total. The van der Waals surface area contributed by atoms with Crippen LogP contribution in [0, 0.1) is 5.92 Å². The molecule has 0 radical (unpaired) electrons. The Hall–Kier alpha value is -4.77. The van der Waals surface area contributed by atoms with E-state index in [1.807, 2.05) is 24.3 Å². The zero-order valence-electron chi connectivity index (χ0n) is 32.8. The zero-order chi connectivity index (χ0) is 41.7. The number of nitrogens with two attached hydrogens (primary N) is 1. The Bertz CT molecular complexity index is 1850. The summed E-state index contributed by atoms with van der Waals surface area (Å²) in [5.41, 5.74) is 5.72. The quantitative estimate of drug-likeness (QED) is 0.266. The zero-order valence-corrected chi connectivity index (χ0v) is 33.5. The van der Waals surface area contributed by atoms with E-state index in [9.17, 15) is 37.1 Å². The summed E-state index contributed by atoms with van der Waals surface area (Å²) >= 11 is 6.13. The van der Waals surface area contributed by atoms with E-state index in [-0.39, 0.29) is 66.6 Å². The van der Waals surface area contributed by atoms with Crippen LogP contribution in [0.2, 0.25) is 5.02 Å². The minimum Gasteiger partial charge on any atom is -0.455 e. The number of nitrogens with zero attached hydrogens (tertiary/aromatic N) is 5. The molecule has 3 fully saturated rings. The van der Waals surface area contributed by atoms with Gasteiger partial charge in [-0.1, -0.05) is 29.8 Å². The van der Waals surface area contributed by atoms with E-state index in [1.54, 1.807) is 23.9 Å². The predicted octanol–water partition coefficient (Wildman–Crippen LogP) is 4.88. The Morgan fingerprint density at radius 1 is 0.948 bits per heavy atom. The lowest BCUT2D eigenvalue weighted by Gasteiger charge is -2.42. The fourth-order valence-corrected chi connectivity index (χ4v) is 8.52. The highest BCUT2D eigenvalue weighted by atomic mass is 35.5. The van der Waals surface area contributed by atoms with E-state index in [2.05, 4.69) is 10.2 Å². The van der Waals surface area contributed by atoms with Crippen molar-refractivity contribution in [1.29, 1.82) is 0 Å². The number of hydrogen-bond donors (Lipinski definition) is 2. The summed E-state index contributed by atoms with van der Waals surface area (Å²) in [5, 5.41) is 2.64. The summed E-state index contributed by atoms with van der Waals surface area (Å²) in [7, 11) is 3.17. The van der Waals surface area contributed by atoms with E-state index in [0.29, 0.717) is 64.7 Å². The molecule has 6 rings (SSSR count). The Balaban J connectivity index is 1.09. The van der Waals surface area contributed by atoms with Crippen molar-refractivity contribution in [1.82, 2.24) is 24.5 Å². The van der Waals surface area contributed by atoms with Crippen molar-refractivity contribution in [3.8, 4) is 0 Å². The average molecular weight is 834 g/mol. The standard InChI is InChI=1S/C40H51ClF3N7O7/c1-47(2)34(52)24-57-37(54)27-7-5-14-50(23-27)28-10-15-48(16-11-28)36(53)33(22-25-20-30(40(42,43)44)35(45)31(41)21-25)58-39(56)49-17-12-29(13-18-49)51-19-9-26-6-3-4-8-32(26)46-38(51)55/h3-4,6,8,20-21,27-29,33H,5,7,9-19,22-24,45H2,1-2H3,(H,46,55)/t27-,33+/m0/s1. The second-order valence-corrected chi connectivity index (χ2v) is 16.1. The third-order valence-electron chi connectivity index (χ3n) is 11.7. The van der Waals surface area contributed by atoms with Crippen LogP contribution in [0.5, 0.6) is 0 Å². The maximum atomic E-state index is 14.2. The molecule has 0 aromatic heterocycles. The largest absolute Gasteiger partial charge is 0.455 e. The molecule has 3 saturated heterocycles. The summed E-state index contributed by atoms with van der Waals surface area (Å²) in [6, 6.07) is 9.40. The van der Waals surface area contributed by atoms with Crippen LogP contribution >= 0.6 is 11.6 Å². The van der Waals surface area contributed by atoms with Crippen LogP contribution in [-0.4, -0.2) is 139 Å². The predicted molar refractivity (Wildman–Crippen MR) is 209 cm³/mol. The van der Waals surface area contributed by atoms with Crippen LogP contribution in [0.1, 0.15) is 55.2 Å². The number of halogens is 4. The Morgan fingerprint density at radius 3 is 2.31 bits per heavy atom. The SMILES string of the molecule is CN(C)C(=O)COC(=O)[C@H]1CCCN(C2CCN(C(=O)[C@@H](Cc3cc(Cl)c(N)c(C(F)(F)F)c3)OC(=O)N3CCC(N4CCc5ccccc5NC4=O)CC3)CC2)C1. The molecule has 0 bridgehead atoms.